The van der Waals surface area contributed by atoms with E-state index in [4.69, 9.17) is 4.74 Å². The minimum atomic E-state index is -4.06. The molecule has 0 aliphatic rings. The molecule has 0 aliphatic heterocycles. The number of halogens is 1. The van der Waals surface area contributed by atoms with E-state index in [1.165, 1.54) is 19.4 Å². The van der Waals surface area contributed by atoms with Crippen LogP contribution in [0.15, 0.2) is 47.5 Å². The van der Waals surface area contributed by atoms with Crippen LogP contribution in [0.1, 0.15) is 0 Å². The predicted molar refractivity (Wildman–Crippen MR) is 79.9 cm³/mol. The van der Waals surface area contributed by atoms with E-state index in [0.29, 0.717) is 16.6 Å². The van der Waals surface area contributed by atoms with E-state index in [9.17, 15) is 12.8 Å². The van der Waals surface area contributed by atoms with Crippen LogP contribution in [0.2, 0.25) is 0 Å². The maximum atomic E-state index is 14.0. The Morgan fingerprint density at radius 2 is 2.09 bits per heavy atom. The van der Waals surface area contributed by atoms with Gasteiger partial charge in [0.2, 0.25) is 0 Å². The molecule has 3 rings (SSSR count). The molecule has 3 aromatic rings. The molecule has 8 heteroatoms. The minimum Gasteiger partial charge on any atom is -0.497 e. The molecular formula is C14H12FN3O3S. The van der Waals surface area contributed by atoms with Gasteiger partial charge in [-0.15, -0.1) is 0 Å². The molecule has 0 radical (unpaired) electrons. The van der Waals surface area contributed by atoms with Crippen molar-refractivity contribution in [1.82, 2.24) is 10.2 Å². The number of H-pyrrole nitrogens is 1. The molecule has 0 fully saturated rings. The van der Waals surface area contributed by atoms with Crippen molar-refractivity contribution < 1.29 is 17.5 Å². The maximum absolute atomic E-state index is 14.0. The summed E-state index contributed by atoms with van der Waals surface area (Å²) in [6.07, 6.45) is 1.50. The van der Waals surface area contributed by atoms with Crippen molar-refractivity contribution in [3.05, 3.63) is 48.4 Å². The second-order valence-corrected chi connectivity index (χ2v) is 6.19. The third-order valence-electron chi connectivity index (χ3n) is 3.16. The number of anilines is 1. The predicted octanol–water partition coefficient (Wildman–Crippen LogP) is 2.51. The number of fused-ring (bicyclic) bond motifs is 1. The van der Waals surface area contributed by atoms with Crippen molar-refractivity contribution >= 4 is 26.6 Å². The van der Waals surface area contributed by atoms with Crippen molar-refractivity contribution in [2.75, 3.05) is 11.8 Å². The maximum Gasteiger partial charge on any atom is 0.264 e. The Labute approximate surface area is 126 Å². The number of nitrogens with one attached hydrogen (secondary N) is 2. The molecule has 1 heterocycles. The summed E-state index contributed by atoms with van der Waals surface area (Å²) in [6.45, 7) is 0. The highest BCUT2D eigenvalue weighted by atomic mass is 32.2. The van der Waals surface area contributed by atoms with Gasteiger partial charge in [-0.25, -0.2) is 12.8 Å². The van der Waals surface area contributed by atoms with Gasteiger partial charge in [0, 0.05) is 11.5 Å². The molecule has 2 N–H and O–H groups in total. The number of nitrogens with zero attached hydrogens (tertiary/aromatic N) is 1. The lowest BCUT2D eigenvalue weighted by atomic mass is 10.2. The minimum absolute atomic E-state index is 0.244. The first-order chi connectivity index (χ1) is 10.5. The molecule has 2 aromatic carbocycles. The van der Waals surface area contributed by atoms with Crippen molar-refractivity contribution in [3.8, 4) is 5.75 Å². The fourth-order valence-corrected chi connectivity index (χ4v) is 3.22. The van der Waals surface area contributed by atoms with Gasteiger partial charge in [-0.05, 0) is 24.3 Å². The molecule has 0 saturated carbocycles. The van der Waals surface area contributed by atoms with Crippen LogP contribution in [0.25, 0.3) is 10.9 Å². The average Bonchev–Trinajstić information content (AvgIpc) is 2.96. The van der Waals surface area contributed by atoms with Gasteiger partial charge in [-0.3, -0.25) is 9.82 Å². The van der Waals surface area contributed by atoms with Crippen LogP contribution in [0.5, 0.6) is 5.75 Å². The Morgan fingerprint density at radius 3 is 2.82 bits per heavy atom. The number of aromatic amines is 1. The SMILES string of the molecule is COc1ccc(S(=O)(=O)Nc2cccc3[nH]ncc23)c(F)c1. The number of hydrogen-bond acceptors (Lipinski definition) is 4. The lowest BCUT2D eigenvalue weighted by molar-refractivity contribution is 0.410. The van der Waals surface area contributed by atoms with Gasteiger partial charge in [0.25, 0.3) is 10.0 Å². The highest BCUT2D eigenvalue weighted by molar-refractivity contribution is 7.92. The van der Waals surface area contributed by atoms with Crippen LogP contribution in [0.3, 0.4) is 0 Å². The van der Waals surface area contributed by atoms with Crippen LogP contribution in [-0.4, -0.2) is 25.7 Å². The monoisotopic (exact) mass is 321 g/mol. The van der Waals surface area contributed by atoms with Crippen LogP contribution < -0.4 is 9.46 Å². The molecule has 22 heavy (non-hydrogen) atoms. The highest BCUT2D eigenvalue weighted by Crippen LogP contribution is 2.26. The van der Waals surface area contributed by atoms with Gasteiger partial charge in [0.05, 0.1) is 24.5 Å². The molecule has 0 saturated heterocycles. The van der Waals surface area contributed by atoms with Gasteiger partial charge in [-0.1, -0.05) is 6.07 Å². The van der Waals surface area contributed by atoms with Crippen LogP contribution in [0.4, 0.5) is 10.1 Å². The molecule has 0 spiro atoms. The van der Waals surface area contributed by atoms with Gasteiger partial charge in [-0.2, -0.15) is 5.10 Å². The largest absolute Gasteiger partial charge is 0.497 e. The second-order valence-electron chi connectivity index (χ2n) is 4.54. The summed E-state index contributed by atoms with van der Waals surface area (Å²) in [5.74, 6) is -0.639. The fourth-order valence-electron chi connectivity index (χ4n) is 2.08. The molecule has 1 aromatic heterocycles. The summed E-state index contributed by atoms with van der Waals surface area (Å²) in [7, 11) is -2.68. The van der Waals surface area contributed by atoms with Gasteiger partial charge < -0.3 is 4.74 Å². The third kappa shape index (κ3) is 2.48. The lowest BCUT2D eigenvalue weighted by Gasteiger charge is -2.10. The first kappa shape index (κ1) is 14.3. The Bertz CT molecular complexity index is 937. The Hall–Kier alpha value is -2.61. The third-order valence-corrected chi connectivity index (χ3v) is 4.56. The quantitative estimate of drug-likeness (QED) is 0.773. The first-order valence-electron chi connectivity index (χ1n) is 6.30. The fraction of sp³-hybridized carbons (Fsp3) is 0.0714. The summed E-state index contributed by atoms with van der Waals surface area (Å²) in [5, 5.41) is 7.19. The van der Waals surface area contributed by atoms with Crippen molar-refractivity contribution in [2.45, 2.75) is 4.90 Å². The topological polar surface area (TPSA) is 84.1 Å². The molecule has 114 valence electrons. The zero-order chi connectivity index (χ0) is 15.7. The zero-order valence-electron chi connectivity index (χ0n) is 11.5. The highest BCUT2D eigenvalue weighted by Gasteiger charge is 2.20. The Balaban J connectivity index is 2.02. The molecule has 0 aliphatic carbocycles. The van der Waals surface area contributed by atoms with E-state index in [1.54, 1.807) is 18.2 Å². The van der Waals surface area contributed by atoms with Gasteiger partial charge in [0.1, 0.15) is 16.5 Å². The van der Waals surface area contributed by atoms with Crippen molar-refractivity contribution in [3.63, 3.8) is 0 Å². The number of ether oxygens (including phenoxy) is 1. The van der Waals surface area contributed by atoms with Crippen LogP contribution in [-0.2, 0) is 10.0 Å². The number of sulfonamides is 1. The average molecular weight is 321 g/mol. The molecular weight excluding hydrogens is 309 g/mol. The van der Waals surface area contributed by atoms with E-state index in [1.807, 2.05) is 0 Å². The Morgan fingerprint density at radius 1 is 1.27 bits per heavy atom. The molecule has 6 nitrogen and oxygen atoms in total. The standard InChI is InChI=1S/C14H12FN3O3S/c1-21-9-5-6-14(11(15)7-9)22(19,20)18-13-4-2-3-12-10(13)8-16-17-12/h2-8,18H,1H3,(H,16,17). The summed E-state index contributed by atoms with van der Waals surface area (Å²) in [6, 6.07) is 8.57. The summed E-state index contributed by atoms with van der Waals surface area (Å²) < 4.78 is 45.9. The number of methoxy groups -OCH3 is 1. The summed E-state index contributed by atoms with van der Waals surface area (Å²) in [5.41, 5.74) is 0.997. The number of rotatable bonds is 4. The summed E-state index contributed by atoms with van der Waals surface area (Å²) in [4.78, 5) is -0.450. The van der Waals surface area contributed by atoms with E-state index in [2.05, 4.69) is 14.9 Å². The van der Waals surface area contributed by atoms with E-state index in [-0.39, 0.29) is 5.75 Å². The first-order valence-corrected chi connectivity index (χ1v) is 7.78. The van der Waals surface area contributed by atoms with E-state index >= 15 is 0 Å². The summed E-state index contributed by atoms with van der Waals surface area (Å²) >= 11 is 0. The smallest absolute Gasteiger partial charge is 0.264 e. The van der Waals surface area contributed by atoms with Crippen molar-refractivity contribution in [1.29, 1.82) is 0 Å². The van der Waals surface area contributed by atoms with E-state index < -0.39 is 20.7 Å². The number of aromatic nitrogens is 2. The lowest BCUT2D eigenvalue weighted by Crippen LogP contribution is -2.14. The zero-order valence-corrected chi connectivity index (χ0v) is 12.3. The Kier molecular flexibility index (Phi) is 3.45. The van der Waals surface area contributed by atoms with Gasteiger partial charge >= 0.3 is 0 Å². The number of benzene rings is 2. The molecule has 0 atom stereocenters. The normalized spacial score (nSPS) is 11.5. The van der Waals surface area contributed by atoms with E-state index in [0.717, 1.165) is 12.1 Å². The molecule has 0 bridgehead atoms. The van der Waals surface area contributed by atoms with Crippen molar-refractivity contribution in [2.24, 2.45) is 0 Å². The van der Waals surface area contributed by atoms with Crippen LogP contribution in [0, 0.1) is 5.82 Å². The van der Waals surface area contributed by atoms with Gasteiger partial charge in [0.15, 0.2) is 0 Å². The molecule has 0 amide bonds. The molecule has 0 unspecified atom stereocenters. The second kappa shape index (κ2) is 5.30. The number of hydrogen-bond donors (Lipinski definition) is 2. The van der Waals surface area contributed by atoms with Crippen LogP contribution >= 0.6 is 0 Å².